The third kappa shape index (κ3) is 3.39. The minimum Gasteiger partial charge on any atom is -0.338 e. The Morgan fingerprint density at radius 3 is 2.68 bits per heavy atom. The number of H-pyrrole nitrogens is 1. The molecule has 1 amide bonds. The Bertz CT molecular complexity index is 704. The summed E-state index contributed by atoms with van der Waals surface area (Å²) in [6.07, 6.45) is 3.43. The van der Waals surface area contributed by atoms with Gasteiger partial charge in [-0.1, -0.05) is 23.7 Å². The Morgan fingerprint density at radius 1 is 1.23 bits per heavy atom. The number of hydrogen-bond acceptors (Lipinski definition) is 2. The Morgan fingerprint density at radius 2 is 2.00 bits per heavy atom. The first-order valence-corrected chi connectivity index (χ1v) is 7.72. The lowest BCUT2D eigenvalue weighted by molar-refractivity contribution is 0.0786. The second kappa shape index (κ2) is 6.36. The molecular formula is C17H17ClN2O2. The van der Waals surface area contributed by atoms with Crippen LogP contribution in [0.25, 0.3) is 0 Å². The maximum absolute atomic E-state index is 12.4. The van der Waals surface area contributed by atoms with Crippen LogP contribution >= 0.6 is 11.6 Å². The lowest BCUT2D eigenvalue weighted by Crippen LogP contribution is -2.29. The molecule has 22 heavy (non-hydrogen) atoms. The first kappa shape index (κ1) is 14.9. The summed E-state index contributed by atoms with van der Waals surface area (Å²) >= 11 is 5.89. The molecule has 114 valence electrons. The van der Waals surface area contributed by atoms with Crippen molar-refractivity contribution in [3.05, 3.63) is 69.1 Å². The zero-order chi connectivity index (χ0) is 15.5. The number of pyridine rings is 1. The van der Waals surface area contributed by atoms with Crippen LogP contribution in [0.15, 0.2) is 47.4 Å². The smallest absolute Gasteiger partial charge is 0.255 e. The molecule has 2 heterocycles. The summed E-state index contributed by atoms with van der Waals surface area (Å²) in [6, 6.07) is 10.8. The molecule has 1 fully saturated rings. The predicted octanol–water partition coefficient (Wildman–Crippen LogP) is 2.73. The normalized spacial score (nSPS) is 17.7. The number of nitrogens with zero attached hydrogens (tertiary/aromatic N) is 1. The van der Waals surface area contributed by atoms with E-state index in [1.807, 2.05) is 29.2 Å². The molecule has 2 aromatic rings. The second-order valence-electron chi connectivity index (χ2n) is 5.68. The number of aromatic nitrogens is 1. The van der Waals surface area contributed by atoms with Crippen LogP contribution in [0.2, 0.25) is 5.02 Å². The Labute approximate surface area is 133 Å². The first-order valence-electron chi connectivity index (χ1n) is 7.34. The third-order valence-electron chi connectivity index (χ3n) is 4.04. The summed E-state index contributed by atoms with van der Waals surface area (Å²) in [5, 5.41) is 0.741. The number of likely N-dealkylation sites (tertiary alicyclic amines) is 1. The minimum absolute atomic E-state index is 0.0187. The number of nitrogens with one attached hydrogen (secondary N) is 1. The molecule has 0 aliphatic carbocycles. The molecule has 0 radical (unpaired) electrons. The van der Waals surface area contributed by atoms with Crippen molar-refractivity contribution in [2.75, 3.05) is 13.1 Å². The summed E-state index contributed by atoms with van der Waals surface area (Å²) in [4.78, 5) is 27.8. The van der Waals surface area contributed by atoms with E-state index in [9.17, 15) is 9.59 Å². The fraction of sp³-hybridized carbons (Fsp3) is 0.294. The molecule has 1 N–H and O–H groups in total. The number of rotatable bonds is 3. The van der Waals surface area contributed by atoms with Crippen LogP contribution in [0.4, 0.5) is 0 Å². The number of aromatic amines is 1. The van der Waals surface area contributed by atoms with Gasteiger partial charge in [-0.05, 0) is 42.5 Å². The van der Waals surface area contributed by atoms with Crippen LogP contribution in [0.3, 0.4) is 0 Å². The Balaban J connectivity index is 1.62. The average Bonchev–Trinajstić information content (AvgIpc) is 2.98. The largest absolute Gasteiger partial charge is 0.338 e. The summed E-state index contributed by atoms with van der Waals surface area (Å²) in [5.41, 5.74) is 1.58. The zero-order valence-corrected chi connectivity index (χ0v) is 12.8. The first-order chi connectivity index (χ1) is 10.6. The molecular weight excluding hydrogens is 300 g/mol. The number of hydrogen-bond donors (Lipinski definition) is 1. The van der Waals surface area contributed by atoms with Crippen molar-refractivity contribution in [1.82, 2.24) is 9.88 Å². The molecule has 0 bridgehead atoms. The van der Waals surface area contributed by atoms with Gasteiger partial charge in [-0.25, -0.2) is 0 Å². The second-order valence-corrected chi connectivity index (χ2v) is 6.11. The highest BCUT2D eigenvalue weighted by Crippen LogP contribution is 2.23. The lowest BCUT2D eigenvalue weighted by atomic mass is 9.99. The molecule has 0 saturated carbocycles. The van der Waals surface area contributed by atoms with Gasteiger partial charge in [-0.2, -0.15) is 0 Å². The van der Waals surface area contributed by atoms with Crippen molar-refractivity contribution in [2.45, 2.75) is 12.8 Å². The number of amides is 1. The van der Waals surface area contributed by atoms with Crippen LogP contribution in [-0.4, -0.2) is 28.9 Å². The van der Waals surface area contributed by atoms with E-state index in [1.54, 1.807) is 6.07 Å². The van der Waals surface area contributed by atoms with E-state index in [0.29, 0.717) is 11.5 Å². The van der Waals surface area contributed by atoms with Gasteiger partial charge in [0.05, 0.1) is 5.56 Å². The molecule has 1 aliphatic rings. The quantitative estimate of drug-likeness (QED) is 0.946. The average molecular weight is 317 g/mol. The maximum Gasteiger partial charge on any atom is 0.255 e. The Kier molecular flexibility index (Phi) is 4.29. The Hall–Kier alpha value is -2.07. The van der Waals surface area contributed by atoms with Gasteiger partial charge in [0.1, 0.15) is 0 Å². The van der Waals surface area contributed by atoms with Crippen molar-refractivity contribution in [1.29, 1.82) is 0 Å². The van der Waals surface area contributed by atoms with Gasteiger partial charge in [0.2, 0.25) is 5.56 Å². The van der Waals surface area contributed by atoms with Crippen molar-refractivity contribution < 1.29 is 4.79 Å². The molecule has 1 aliphatic heterocycles. The molecule has 1 saturated heterocycles. The number of carbonyl (C=O) groups is 1. The van der Waals surface area contributed by atoms with Crippen molar-refractivity contribution in [3.8, 4) is 0 Å². The van der Waals surface area contributed by atoms with Gasteiger partial charge >= 0.3 is 0 Å². The molecule has 1 aromatic carbocycles. The van der Waals surface area contributed by atoms with E-state index in [0.717, 1.165) is 31.0 Å². The molecule has 3 rings (SSSR count). The standard InChI is InChI=1S/C17H17ClN2O2/c18-15-4-1-12(2-5-15)9-13-7-8-20(11-13)17(22)14-3-6-16(21)19-10-14/h1-6,10,13H,7-9,11H2,(H,19,21). The van der Waals surface area contributed by atoms with E-state index >= 15 is 0 Å². The van der Waals surface area contributed by atoms with E-state index in [1.165, 1.54) is 17.8 Å². The van der Waals surface area contributed by atoms with Crippen LogP contribution in [-0.2, 0) is 6.42 Å². The van der Waals surface area contributed by atoms with Gasteiger partial charge < -0.3 is 9.88 Å². The summed E-state index contributed by atoms with van der Waals surface area (Å²) in [7, 11) is 0. The van der Waals surface area contributed by atoms with Crippen molar-refractivity contribution >= 4 is 17.5 Å². The van der Waals surface area contributed by atoms with Gasteiger partial charge in [-0.3, -0.25) is 9.59 Å². The molecule has 5 heteroatoms. The molecule has 0 spiro atoms. The monoisotopic (exact) mass is 316 g/mol. The van der Waals surface area contributed by atoms with Crippen molar-refractivity contribution in [2.24, 2.45) is 5.92 Å². The van der Waals surface area contributed by atoms with Crippen LogP contribution in [0, 0.1) is 5.92 Å². The van der Waals surface area contributed by atoms with E-state index < -0.39 is 0 Å². The lowest BCUT2D eigenvalue weighted by Gasteiger charge is -2.16. The number of benzene rings is 1. The highest BCUT2D eigenvalue weighted by atomic mass is 35.5. The zero-order valence-electron chi connectivity index (χ0n) is 12.1. The summed E-state index contributed by atoms with van der Waals surface area (Å²) in [5.74, 6) is 0.447. The fourth-order valence-electron chi connectivity index (χ4n) is 2.86. The predicted molar refractivity (Wildman–Crippen MR) is 86.2 cm³/mol. The van der Waals surface area contributed by atoms with E-state index in [4.69, 9.17) is 11.6 Å². The topological polar surface area (TPSA) is 53.2 Å². The highest BCUT2D eigenvalue weighted by molar-refractivity contribution is 6.30. The van der Waals surface area contributed by atoms with Crippen LogP contribution < -0.4 is 5.56 Å². The van der Waals surface area contributed by atoms with Gasteiger partial charge in [0, 0.05) is 30.4 Å². The van der Waals surface area contributed by atoms with Crippen LogP contribution in [0.5, 0.6) is 0 Å². The molecule has 1 atom stereocenters. The van der Waals surface area contributed by atoms with E-state index in [-0.39, 0.29) is 11.5 Å². The summed E-state index contributed by atoms with van der Waals surface area (Å²) < 4.78 is 0. The van der Waals surface area contributed by atoms with Crippen molar-refractivity contribution in [3.63, 3.8) is 0 Å². The molecule has 1 unspecified atom stereocenters. The number of carbonyl (C=O) groups excluding carboxylic acids is 1. The van der Waals surface area contributed by atoms with Gasteiger partial charge in [0.15, 0.2) is 0 Å². The van der Waals surface area contributed by atoms with Gasteiger partial charge in [0.25, 0.3) is 5.91 Å². The fourth-order valence-corrected chi connectivity index (χ4v) is 2.99. The third-order valence-corrected chi connectivity index (χ3v) is 4.29. The highest BCUT2D eigenvalue weighted by Gasteiger charge is 2.27. The number of halogens is 1. The summed E-state index contributed by atoms with van der Waals surface area (Å²) in [6.45, 7) is 1.51. The molecule has 4 nitrogen and oxygen atoms in total. The van der Waals surface area contributed by atoms with Crippen LogP contribution in [0.1, 0.15) is 22.3 Å². The molecule has 1 aromatic heterocycles. The SMILES string of the molecule is O=C(c1ccc(=O)[nH]c1)N1CCC(Cc2ccc(Cl)cc2)C1. The minimum atomic E-state index is -0.196. The van der Waals surface area contributed by atoms with Gasteiger partial charge in [-0.15, -0.1) is 0 Å². The van der Waals surface area contributed by atoms with E-state index in [2.05, 4.69) is 4.98 Å². The maximum atomic E-state index is 12.4.